The van der Waals surface area contributed by atoms with Gasteiger partial charge in [0, 0.05) is 27.4 Å². The van der Waals surface area contributed by atoms with Crippen LogP contribution >= 0.6 is 0 Å². The van der Waals surface area contributed by atoms with E-state index in [1.807, 2.05) is 0 Å². The van der Waals surface area contributed by atoms with E-state index in [0.29, 0.717) is 6.61 Å². The lowest BCUT2D eigenvalue weighted by molar-refractivity contribution is -0.306. The predicted molar refractivity (Wildman–Crippen MR) is 120 cm³/mol. The smallest absolute Gasteiger partial charge is 0.303 e. The third-order valence-corrected chi connectivity index (χ3v) is 5.45. The summed E-state index contributed by atoms with van der Waals surface area (Å²) < 4.78 is 27.0. The normalized spacial score (nSPS) is 24.8. The van der Waals surface area contributed by atoms with E-state index in [1.165, 1.54) is 65.7 Å². The highest BCUT2D eigenvalue weighted by Crippen LogP contribution is 2.28. The molecule has 1 N–H and O–H groups in total. The van der Waals surface area contributed by atoms with Crippen LogP contribution in [0.15, 0.2) is 0 Å². The highest BCUT2D eigenvalue weighted by molar-refractivity contribution is 5.67. The second kappa shape index (κ2) is 16.8. The van der Waals surface area contributed by atoms with E-state index < -0.39 is 48.6 Å². The van der Waals surface area contributed by atoms with Gasteiger partial charge in [-0.1, -0.05) is 64.7 Å². The molecular weight excluding hydrogens is 432 g/mol. The van der Waals surface area contributed by atoms with Crippen LogP contribution in [-0.4, -0.2) is 66.9 Å². The van der Waals surface area contributed by atoms with Gasteiger partial charge in [-0.05, 0) is 6.42 Å². The van der Waals surface area contributed by atoms with Gasteiger partial charge in [-0.15, -0.1) is 0 Å². The van der Waals surface area contributed by atoms with Gasteiger partial charge in [0.2, 0.25) is 0 Å². The van der Waals surface area contributed by atoms with Gasteiger partial charge in [0.1, 0.15) is 18.8 Å². The minimum Gasteiger partial charge on any atom is -0.463 e. The zero-order chi connectivity index (χ0) is 24.6. The molecule has 33 heavy (non-hydrogen) atoms. The van der Waals surface area contributed by atoms with Crippen molar-refractivity contribution in [3.63, 3.8) is 0 Å². The summed E-state index contributed by atoms with van der Waals surface area (Å²) in [5, 5.41) is 10.6. The predicted octanol–water partition coefficient (Wildman–Crippen LogP) is 3.44. The van der Waals surface area contributed by atoms with Gasteiger partial charge in [-0.25, -0.2) is 0 Å². The van der Waals surface area contributed by atoms with Gasteiger partial charge in [0.25, 0.3) is 0 Å². The summed E-state index contributed by atoms with van der Waals surface area (Å²) in [5.74, 6) is -1.82. The molecule has 1 heterocycles. The summed E-state index contributed by atoms with van der Waals surface area (Å²) in [4.78, 5) is 34.4. The van der Waals surface area contributed by atoms with Gasteiger partial charge in [0.15, 0.2) is 18.5 Å². The number of carbonyl (C=O) groups excluding carboxylic acids is 3. The van der Waals surface area contributed by atoms with E-state index in [0.717, 1.165) is 19.3 Å². The SMILES string of the molecule is CCCCCCCCCCCCO[C@@H]1O[C@H](COC(C)=O)[C@@H](O)[C@H](OC(C)=O)[C@H]1OC(C)=O. The number of ether oxygens (including phenoxy) is 5. The molecule has 0 spiro atoms. The summed E-state index contributed by atoms with van der Waals surface area (Å²) in [6, 6.07) is 0. The molecule has 0 saturated carbocycles. The maximum absolute atomic E-state index is 11.6. The highest BCUT2D eigenvalue weighted by atomic mass is 16.7. The zero-order valence-electron chi connectivity index (χ0n) is 20.6. The number of unbranched alkanes of at least 4 members (excludes halogenated alkanes) is 9. The van der Waals surface area contributed by atoms with Crippen molar-refractivity contribution < 1.29 is 43.2 Å². The molecule has 1 fully saturated rings. The van der Waals surface area contributed by atoms with Crippen LogP contribution in [0.25, 0.3) is 0 Å². The standard InChI is InChI=1S/C24H42O9/c1-5-6-7-8-9-10-11-12-13-14-15-29-24-23(32-19(4)27)22(31-18(3)26)21(28)20(33-24)16-30-17(2)25/h20-24,28H,5-16H2,1-4H3/t20-,21-,22+,23-,24-/m1/s1. The summed E-state index contributed by atoms with van der Waals surface area (Å²) in [6.45, 7) is 5.95. The number of rotatable bonds is 16. The Morgan fingerprint density at radius 2 is 1.27 bits per heavy atom. The monoisotopic (exact) mass is 474 g/mol. The average molecular weight is 475 g/mol. The fourth-order valence-corrected chi connectivity index (χ4v) is 3.79. The van der Waals surface area contributed by atoms with Crippen molar-refractivity contribution in [2.75, 3.05) is 13.2 Å². The molecule has 9 nitrogen and oxygen atoms in total. The maximum atomic E-state index is 11.6. The summed E-state index contributed by atoms with van der Waals surface area (Å²) in [7, 11) is 0. The van der Waals surface area contributed by atoms with Crippen molar-refractivity contribution in [1.29, 1.82) is 0 Å². The zero-order valence-corrected chi connectivity index (χ0v) is 20.6. The molecule has 1 rings (SSSR count). The molecular formula is C24H42O9. The first-order chi connectivity index (χ1) is 15.8. The van der Waals surface area contributed by atoms with E-state index in [4.69, 9.17) is 23.7 Å². The Kier molecular flexibility index (Phi) is 15.0. The molecule has 0 unspecified atom stereocenters. The number of aliphatic hydroxyl groups excluding tert-OH is 1. The molecule has 1 aliphatic rings. The van der Waals surface area contributed by atoms with Crippen LogP contribution < -0.4 is 0 Å². The third-order valence-electron chi connectivity index (χ3n) is 5.45. The van der Waals surface area contributed by atoms with Gasteiger partial charge < -0.3 is 28.8 Å². The fraction of sp³-hybridized carbons (Fsp3) is 0.875. The molecule has 0 aromatic rings. The van der Waals surface area contributed by atoms with Crippen molar-refractivity contribution in [2.45, 2.75) is 123 Å². The van der Waals surface area contributed by atoms with E-state index in [1.54, 1.807) is 0 Å². The molecule has 192 valence electrons. The molecule has 0 aliphatic carbocycles. The first-order valence-electron chi connectivity index (χ1n) is 12.2. The minimum absolute atomic E-state index is 0.251. The van der Waals surface area contributed by atoms with Crippen molar-refractivity contribution in [1.82, 2.24) is 0 Å². The maximum Gasteiger partial charge on any atom is 0.303 e. The Balaban J connectivity index is 2.56. The molecule has 0 bridgehead atoms. The molecule has 9 heteroatoms. The van der Waals surface area contributed by atoms with Crippen LogP contribution in [-0.2, 0) is 38.1 Å². The quantitative estimate of drug-likeness (QED) is 0.204. The van der Waals surface area contributed by atoms with Crippen LogP contribution in [0.2, 0.25) is 0 Å². The number of aliphatic hydroxyl groups is 1. The van der Waals surface area contributed by atoms with Crippen molar-refractivity contribution in [3.05, 3.63) is 0 Å². The summed E-state index contributed by atoms with van der Waals surface area (Å²) in [5.41, 5.74) is 0. The summed E-state index contributed by atoms with van der Waals surface area (Å²) in [6.07, 6.45) is 6.01. The highest BCUT2D eigenvalue weighted by Gasteiger charge is 2.50. The second-order valence-electron chi connectivity index (χ2n) is 8.54. The van der Waals surface area contributed by atoms with Crippen LogP contribution in [0.5, 0.6) is 0 Å². The Bertz CT molecular complexity index is 580. The van der Waals surface area contributed by atoms with Gasteiger partial charge in [-0.2, -0.15) is 0 Å². The first kappa shape index (κ1) is 29.3. The Morgan fingerprint density at radius 3 is 1.79 bits per heavy atom. The molecule has 0 aromatic carbocycles. The molecule has 0 radical (unpaired) electrons. The van der Waals surface area contributed by atoms with Crippen molar-refractivity contribution in [3.8, 4) is 0 Å². The number of hydrogen-bond donors (Lipinski definition) is 1. The first-order valence-corrected chi connectivity index (χ1v) is 12.2. The number of esters is 3. The molecule has 5 atom stereocenters. The molecule has 1 saturated heterocycles. The fourth-order valence-electron chi connectivity index (χ4n) is 3.79. The van der Waals surface area contributed by atoms with Crippen LogP contribution in [0.1, 0.15) is 91.9 Å². The van der Waals surface area contributed by atoms with Gasteiger partial charge >= 0.3 is 17.9 Å². The minimum atomic E-state index is -1.37. The lowest BCUT2D eigenvalue weighted by Crippen LogP contribution is -2.61. The number of carbonyl (C=O) groups is 3. The molecule has 0 aromatic heterocycles. The second-order valence-corrected chi connectivity index (χ2v) is 8.54. The van der Waals surface area contributed by atoms with Crippen LogP contribution in [0.3, 0.4) is 0 Å². The Morgan fingerprint density at radius 1 is 0.758 bits per heavy atom. The third kappa shape index (κ3) is 12.4. The number of hydrogen-bond acceptors (Lipinski definition) is 9. The van der Waals surface area contributed by atoms with Gasteiger partial charge in [-0.3, -0.25) is 14.4 Å². The molecule has 1 aliphatic heterocycles. The topological polar surface area (TPSA) is 118 Å². The van der Waals surface area contributed by atoms with E-state index >= 15 is 0 Å². The van der Waals surface area contributed by atoms with Gasteiger partial charge in [0.05, 0.1) is 0 Å². The van der Waals surface area contributed by atoms with E-state index in [9.17, 15) is 19.5 Å². The lowest BCUT2D eigenvalue weighted by Gasteiger charge is -2.42. The van der Waals surface area contributed by atoms with E-state index in [-0.39, 0.29) is 6.61 Å². The lowest BCUT2D eigenvalue weighted by atomic mass is 9.98. The average Bonchev–Trinajstić information content (AvgIpc) is 2.74. The van der Waals surface area contributed by atoms with Crippen molar-refractivity contribution >= 4 is 17.9 Å². The Labute approximate surface area is 197 Å². The largest absolute Gasteiger partial charge is 0.463 e. The molecule has 0 amide bonds. The van der Waals surface area contributed by atoms with Crippen molar-refractivity contribution in [2.24, 2.45) is 0 Å². The van der Waals surface area contributed by atoms with Crippen LogP contribution in [0.4, 0.5) is 0 Å². The Hall–Kier alpha value is -1.71. The summed E-state index contributed by atoms with van der Waals surface area (Å²) >= 11 is 0. The van der Waals surface area contributed by atoms with E-state index in [2.05, 4.69) is 6.92 Å². The van der Waals surface area contributed by atoms with Crippen LogP contribution in [0, 0.1) is 0 Å².